The van der Waals surface area contributed by atoms with Crippen molar-refractivity contribution >= 4 is 23.3 Å². The fourth-order valence-corrected chi connectivity index (χ4v) is 3.28. The highest BCUT2D eigenvalue weighted by Gasteiger charge is 2.22. The van der Waals surface area contributed by atoms with Crippen molar-refractivity contribution in [2.45, 2.75) is 0 Å². The first-order chi connectivity index (χ1) is 16.0. The van der Waals surface area contributed by atoms with Crippen molar-refractivity contribution in [1.29, 1.82) is 0 Å². The van der Waals surface area contributed by atoms with Gasteiger partial charge in [-0.15, -0.1) is 0 Å². The van der Waals surface area contributed by atoms with Gasteiger partial charge in [0.25, 0.3) is 5.91 Å². The number of ether oxygens (including phenoxy) is 4. The number of rotatable bonds is 7. The van der Waals surface area contributed by atoms with E-state index >= 15 is 0 Å². The number of methoxy groups -OCH3 is 1. The summed E-state index contributed by atoms with van der Waals surface area (Å²) >= 11 is 0. The van der Waals surface area contributed by atoms with E-state index in [9.17, 15) is 14.4 Å². The average molecular weight is 447 g/mol. The minimum Gasteiger partial charge on any atom is -0.497 e. The Morgan fingerprint density at radius 2 is 1.58 bits per heavy atom. The molecule has 0 radical (unpaired) electrons. The fourth-order valence-electron chi connectivity index (χ4n) is 3.28. The van der Waals surface area contributed by atoms with E-state index in [1.807, 2.05) is 0 Å². The Hall–Kier alpha value is -4.33. The fraction of sp³-hybridized carbons (Fsp3) is 0.160. The first-order valence-electron chi connectivity index (χ1n) is 10.2. The maximum Gasteiger partial charge on any atom is 0.339 e. The van der Waals surface area contributed by atoms with Gasteiger partial charge in [-0.05, 0) is 48.5 Å². The summed E-state index contributed by atoms with van der Waals surface area (Å²) in [5, 5.41) is 2.63. The van der Waals surface area contributed by atoms with Crippen LogP contribution >= 0.6 is 0 Å². The molecule has 0 fully saturated rings. The highest BCUT2D eigenvalue weighted by Crippen LogP contribution is 2.31. The predicted molar refractivity (Wildman–Crippen MR) is 119 cm³/mol. The minimum absolute atomic E-state index is 0.0645. The lowest BCUT2D eigenvalue weighted by molar-refractivity contribution is -0.119. The molecule has 0 aromatic heterocycles. The summed E-state index contributed by atoms with van der Waals surface area (Å²) in [5.74, 6) is 0.0298. The zero-order valence-electron chi connectivity index (χ0n) is 17.8. The molecular formula is C25H21NO7. The van der Waals surface area contributed by atoms with E-state index in [-0.39, 0.29) is 16.9 Å². The minimum atomic E-state index is -0.777. The largest absolute Gasteiger partial charge is 0.497 e. The molecule has 0 saturated carbocycles. The van der Waals surface area contributed by atoms with E-state index in [0.717, 1.165) is 0 Å². The van der Waals surface area contributed by atoms with Crippen molar-refractivity contribution < 1.29 is 33.3 Å². The molecule has 168 valence electrons. The molecule has 0 atom stereocenters. The molecule has 3 aromatic rings. The van der Waals surface area contributed by atoms with Crippen LogP contribution in [0.3, 0.4) is 0 Å². The number of ketones is 1. The second-order valence-corrected chi connectivity index (χ2v) is 7.09. The molecule has 1 heterocycles. The number of anilines is 1. The average Bonchev–Trinajstić information content (AvgIpc) is 2.87. The van der Waals surface area contributed by atoms with Crippen LogP contribution < -0.4 is 19.5 Å². The van der Waals surface area contributed by atoms with Crippen LogP contribution in [-0.4, -0.2) is 44.6 Å². The van der Waals surface area contributed by atoms with Gasteiger partial charge in [0.15, 0.2) is 23.9 Å². The molecule has 1 amide bonds. The van der Waals surface area contributed by atoms with Crippen LogP contribution in [0.1, 0.15) is 26.3 Å². The predicted octanol–water partition coefficient (Wildman–Crippen LogP) is 3.49. The van der Waals surface area contributed by atoms with Crippen LogP contribution in [0.2, 0.25) is 0 Å². The van der Waals surface area contributed by atoms with E-state index in [1.165, 1.54) is 12.1 Å². The maximum absolute atomic E-state index is 13.1. The molecule has 0 spiro atoms. The van der Waals surface area contributed by atoms with Crippen molar-refractivity contribution in [3.63, 3.8) is 0 Å². The van der Waals surface area contributed by atoms with Gasteiger partial charge >= 0.3 is 5.97 Å². The summed E-state index contributed by atoms with van der Waals surface area (Å²) in [7, 11) is 1.55. The second-order valence-electron chi connectivity index (χ2n) is 7.09. The molecule has 1 N–H and O–H groups in total. The summed E-state index contributed by atoms with van der Waals surface area (Å²) < 4.78 is 21.2. The number of carbonyl (C=O) groups excluding carboxylic acids is 3. The first kappa shape index (κ1) is 21.9. The Morgan fingerprint density at radius 1 is 0.879 bits per heavy atom. The Kier molecular flexibility index (Phi) is 6.54. The van der Waals surface area contributed by atoms with Gasteiger partial charge in [-0.2, -0.15) is 0 Å². The number of hydrogen-bond acceptors (Lipinski definition) is 7. The van der Waals surface area contributed by atoms with Crippen LogP contribution in [0.5, 0.6) is 17.2 Å². The SMILES string of the molecule is COc1ccc(NC(=O)COC(=O)c2ccccc2C(=O)c2ccc3c(c2)OCCO3)cc1. The molecule has 1 aliphatic rings. The lowest BCUT2D eigenvalue weighted by Gasteiger charge is -2.18. The van der Waals surface area contributed by atoms with Crippen molar-refractivity contribution in [2.75, 3.05) is 32.2 Å². The molecular weight excluding hydrogens is 426 g/mol. The monoisotopic (exact) mass is 447 g/mol. The summed E-state index contributed by atoms with van der Waals surface area (Å²) in [6.45, 7) is 0.338. The van der Waals surface area contributed by atoms with Gasteiger partial charge in [-0.25, -0.2) is 4.79 Å². The van der Waals surface area contributed by atoms with Gasteiger partial charge in [0.2, 0.25) is 0 Å². The van der Waals surface area contributed by atoms with Gasteiger partial charge in [0.05, 0.1) is 12.7 Å². The zero-order valence-corrected chi connectivity index (χ0v) is 17.8. The number of esters is 1. The summed E-state index contributed by atoms with van der Waals surface area (Å²) in [6, 6.07) is 17.9. The Balaban J connectivity index is 1.43. The molecule has 8 nitrogen and oxygen atoms in total. The third-order valence-corrected chi connectivity index (χ3v) is 4.90. The summed E-state index contributed by atoms with van der Waals surface area (Å²) in [6.07, 6.45) is 0. The smallest absolute Gasteiger partial charge is 0.339 e. The third-order valence-electron chi connectivity index (χ3n) is 4.90. The van der Waals surface area contributed by atoms with Gasteiger partial charge < -0.3 is 24.3 Å². The highest BCUT2D eigenvalue weighted by molar-refractivity contribution is 6.14. The van der Waals surface area contributed by atoms with Gasteiger partial charge in [-0.3, -0.25) is 9.59 Å². The van der Waals surface area contributed by atoms with Gasteiger partial charge in [0, 0.05) is 16.8 Å². The number of benzene rings is 3. The van der Waals surface area contributed by atoms with Crippen LogP contribution in [0.4, 0.5) is 5.69 Å². The molecule has 4 rings (SSSR count). The maximum atomic E-state index is 13.1. The lowest BCUT2D eigenvalue weighted by atomic mass is 9.98. The first-order valence-corrected chi connectivity index (χ1v) is 10.2. The number of fused-ring (bicyclic) bond motifs is 1. The number of carbonyl (C=O) groups is 3. The summed E-state index contributed by atoms with van der Waals surface area (Å²) in [4.78, 5) is 37.9. The van der Waals surface area contributed by atoms with Crippen LogP contribution in [0, 0.1) is 0 Å². The quantitative estimate of drug-likeness (QED) is 0.437. The van der Waals surface area contributed by atoms with Crippen molar-refractivity contribution in [3.8, 4) is 17.2 Å². The van der Waals surface area contributed by atoms with Crippen LogP contribution in [-0.2, 0) is 9.53 Å². The molecule has 8 heteroatoms. The van der Waals surface area contributed by atoms with E-state index in [1.54, 1.807) is 61.7 Å². The Morgan fingerprint density at radius 3 is 2.30 bits per heavy atom. The van der Waals surface area contributed by atoms with E-state index in [4.69, 9.17) is 18.9 Å². The lowest BCUT2D eigenvalue weighted by Crippen LogP contribution is -2.22. The second kappa shape index (κ2) is 9.86. The zero-order chi connectivity index (χ0) is 23.2. The molecule has 3 aromatic carbocycles. The molecule has 1 aliphatic heterocycles. The highest BCUT2D eigenvalue weighted by atomic mass is 16.6. The van der Waals surface area contributed by atoms with E-state index in [0.29, 0.717) is 41.7 Å². The van der Waals surface area contributed by atoms with Gasteiger partial charge in [-0.1, -0.05) is 18.2 Å². The Labute approximate surface area is 190 Å². The topological polar surface area (TPSA) is 100 Å². The van der Waals surface area contributed by atoms with Crippen molar-refractivity contribution in [3.05, 3.63) is 83.4 Å². The van der Waals surface area contributed by atoms with Crippen molar-refractivity contribution in [1.82, 2.24) is 0 Å². The molecule has 0 bridgehead atoms. The van der Waals surface area contributed by atoms with E-state index in [2.05, 4.69) is 5.32 Å². The Bertz CT molecular complexity index is 1190. The molecule has 0 saturated heterocycles. The summed E-state index contributed by atoms with van der Waals surface area (Å²) in [5.41, 5.74) is 1.10. The number of hydrogen-bond donors (Lipinski definition) is 1. The van der Waals surface area contributed by atoms with Gasteiger partial charge in [0.1, 0.15) is 19.0 Å². The number of nitrogens with one attached hydrogen (secondary N) is 1. The molecule has 0 unspecified atom stereocenters. The van der Waals surface area contributed by atoms with Crippen LogP contribution in [0.15, 0.2) is 66.7 Å². The van der Waals surface area contributed by atoms with Crippen LogP contribution in [0.25, 0.3) is 0 Å². The molecule has 33 heavy (non-hydrogen) atoms. The number of amides is 1. The molecule has 0 aliphatic carbocycles. The van der Waals surface area contributed by atoms with E-state index < -0.39 is 18.5 Å². The standard InChI is InChI=1S/C25H21NO7/c1-30-18-9-7-17(8-10-18)26-23(27)15-33-25(29)20-5-3-2-4-19(20)24(28)16-6-11-21-22(14-16)32-13-12-31-21/h2-11,14H,12-13,15H2,1H3,(H,26,27). The van der Waals surface area contributed by atoms with Crippen molar-refractivity contribution in [2.24, 2.45) is 0 Å². The third kappa shape index (κ3) is 5.12. The normalized spacial score (nSPS) is 11.9.